The van der Waals surface area contributed by atoms with Crippen molar-refractivity contribution in [2.75, 3.05) is 11.9 Å². The van der Waals surface area contributed by atoms with Crippen LogP contribution in [0.15, 0.2) is 16.6 Å². The Kier molecular flexibility index (Phi) is 4.25. The monoisotopic (exact) mass is 361 g/mol. The van der Waals surface area contributed by atoms with Crippen LogP contribution in [0.3, 0.4) is 0 Å². The van der Waals surface area contributed by atoms with E-state index in [4.69, 9.17) is 16.3 Å². The zero-order valence-corrected chi connectivity index (χ0v) is 13.6. The van der Waals surface area contributed by atoms with Gasteiger partial charge in [0, 0.05) is 11.0 Å². The van der Waals surface area contributed by atoms with Crippen LogP contribution in [0.2, 0.25) is 5.02 Å². The normalized spacial score (nSPS) is 24.4. The summed E-state index contributed by atoms with van der Waals surface area (Å²) < 4.78 is 20.1. The van der Waals surface area contributed by atoms with Crippen molar-refractivity contribution in [1.82, 2.24) is 0 Å². The van der Waals surface area contributed by atoms with E-state index < -0.39 is 0 Å². The standard InChI is InChI=1S/C15H18BrClFNO/c16-12-7-10(18)8-13(17)14(12)19-9-11-3-6-15(20-11)4-1-2-5-15/h7-8,11,19H,1-6,9H2. The van der Waals surface area contributed by atoms with Gasteiger partial charge in [-0.25, -0.2) is 4.39 Å². The summed E-state index contributed by atoms with van der Waals surface area (Å²) in [6.45, 7) is 0.714. The van der Waals surface area contributed by atoms with Gasteiger partial charge in [0.25, 0.3) is 0 Å². The van der Waals surface area contributed by atoms with Gasteiger partial charge in [-0.2, -0.15) is 0 Å². The number of rotatable bonds is 3. The maximum Gasteiger partial charge on any atom is 0.125 e. The number of ether oxygens (including phenoxy) is 1. The molecule has 0 aromatic heterocycles. The van der Waals surface area contributed by atoms with Gasteiger partial charge in [0.15, 0.2) is 0 Å². The minimum absolute atomic E-state index is 0.149. The summed E-state index contributed by atoms with van der Waals surface area (Å²) in [5.74, 6) is -0.338. The molecule has 1 spiro atoms. The summed E-state index contributed by atoms with van der Waals surface area (Å²) in [6, 6.07) is 2.74. The molecule has 2 fully saturated rings. The van der Waals surface area contributed by atoms with Crippen LogP contribution in [-0.2, 0) is 4.74 Å². The van der Waals surface area contributed by atoms with Gasteiger partial charge in [-0.05, 0) is 53.7 Å². The highest BCUT2D eigenvalue weighted by atomic mass is 79.9. The third-order valence-corrected chi connectivity index (χ3v) is 5.29. The van der Waals surface area contributed by atoms with Gasteiger partial charge in [0.05, 0.1) is 22.4 Å². The van der Waals surface area contributed by atoms with Crippen molar-refractivity contribution in [3.63, 3.8) is 0 Å². The molecule has 20 heavy (non-hydrogen) atoms. The summed E-state index contributed by atoms with van der Waals surface area (Å²) in [6.07, 6.45) is 7.45. The third kappa shape index (κ3) is 2.97. The highest BCUT2D eigenvalue weighted by molar-refractivity contribution is 9.10. The summed E-state index contributed by atoms with van der Waals surface area (Å²) in [7, 11) is 0. The number of anilines is 1. The van der Waals surface area contributed by atoms with Gasteiger partial charge in [-0.15, -0.1) is 0 Å². The van der Waals surface area contributed by atoms with Crippen LogP contribution in [0.4, 0.5) is 10.1 Å². The van der Waals surface area contributed by atoms with Gasteiger partial charge < -0.3 is 10.1 Å². The first-order chi connectivity index (χ1) is 9.58. The lowest BCUT2D eigenvalue weighted by Gasteiger charge is -2.24. The minimum atomic E-state index is -0.338. The van der Waals surface area contributed by atoms with Gasteiger partial charge in [0.1, 0.15) is 5.82 Å². The number of hydrogen-bond acceptors (Lipinski definition) is 2. The Morgan fingerprint density at radius 1 is 1.35 bits per heavy atom. The maximum atomic E-state index is 13.2. The SMILES string of the molecule is Fc1cc(Cl)c(NCC2CCC3(CCCC3)O2)c(Br)c1. The molecule has 1 aliphatic heterocycles. The molecule has 1 saturated heterocycles. The van der Waals surface area contributed by atoms with Crippen LogP contribution in [0.25, 0.3) is 0 Å². The quantitative estimate of drug-likeness (QED) is 0.803. The molecule has 0 bridgehead atoms. The van der Waals surface area contributed by atoms with Crippen LogP contribution in [0.1, 0.15) is 38.5 Å². The van der Waals surface area contributed by atoms with Crippen LogP contribution in [0, 0.1) is 5.82 Å². The zero-order valence-electron chi connectivity index (χ0n) is 11.2. The van der Waals surface area contributed by atoms with Crippen molar-refractivity contribution >= 4 is 33.2 Å². The molecule has 1 aromatic rings. The van der Waals surface area contributed by atoms with E-state index in [1.165, 1.54) is 37.8 Å². The van der Waals surface area contributed by atoms with Crippen LogP contribution in [0.5, 0.6) is 0 Å². The van der Waals surface area contributed by atoms with E-state index in [1.54, 1.807) is 0 Å². The first-order valence-corrected chi connectivity index (χ1v) is 8.31. The first kappa shape index (κ1) is 14.6. The average molecular weight is 363 g/mol. The lowest BCUT2D eigenvalue weighted by Crippen LogP contribution is -2.28. The van der Waals surface area contributed by atoms with E-state index in [9.17, 15) is 4.39 Å². The molecule has 2 nitrogen and oxygen atoms in total. The van der Waals surface area contributed by atoms with Crippen molar-refractivity contribution in [3.8, 4) is 0 Å². The van der Waals surface area contributed by atoms with Crippen LogP contribution in [-0.4, -0.2) is 18.2 Å². The molecule has 1 N–H and O–H groups in total. The Morgan fingerprint density at radius 3 is 2.80 bits per heavy atom. The van der Waals surface area contributed by atoms with E-state index in [1.807, 2.05) is 0 Å². The Labute approximate surface area is 132 Å². The second-order valence-electron chi connectivity index (χ2n) is 5.79. The smallest absolute Gasteiger partial charge is 0.125 e. The number of nitrogens with one attached hydrogen (secondary N) is 1. The highest BCUT2D eigenvalue weighted by Crippen LogP contribution is 2.43. The average Bonchev–Trinajstić information content (AvgIpc) is 2.99. The zero-order chi connectivity index (χ0) is 14.2. The molecule has 0 amide bonds. The molecule has 5 heteroatoms. The number of hydrogen-bond donors (Lipinski definition) is 1. The van der Waals surface area contributed by atoms with Crippen molar-refractivity contribution in [2.24, 2.45) is 0 Å². The minimum Gasteiger partial charge on any atom is -0.380 e. The molecule has 3 rings (SSSR count). The molecule has 0 radical (unpaired) electrons. The Hall–Kier alpha value is -0.320. The van der Waals surface area contributed by atoms with Crippen molar-refractivity contribution in [1.29, 1.82) is 0 Å². The fourth-order valence-corrected chi connectivity index (χ4v) is 4.31. The predicted octanol–water partition coefficient (Wildman–Crippen LogP) is 5.15. The molecular weight excluding hydrogens is 345 g/mol. The Bertz CT molecular complexity index is 482. The van der Waals surface area contributed by atoms with Crippen molar-refractivity contribution in [2.45, 2.75) is 50.2 Å². The van der Waals surface area contributed by atoms with Crippen molar-refractivity contribution < 1.29 is 9.13 Å². The highest BCUT2D eigenvalue weighted by Gasteiger charge is 2.41. The topological polar surface area (TPSA) is 21.3 Å². The van der Waals surface area contributed by atoms with Gasteiger partial charge >= 0.3 is 0 Å². The van der Waals surface area contributed by atoms with E-state index in [0.29, 0.717) is 16.0 Å². The molecule has 1 unspecified atom stereocenters. The molecular formula is C15H18BrClFNO. The van der Waals surface area contributed by atoms with Crippen molar-refractivity contribution in [3.05, 3.63) is 27.4 Å². The van der Waals surface area contributed by atoms with Gasteiger partial charge in [-0.3, -0.25) is 0 Å². The van der Waals surface area contributed by atoms with Crippen LogP contribution < -0.4 is 5.32 Å². The molecule has 1 heterocycles. The molecule has 2 aliphatic rings. The van der Waals surface area contributed by atoms with Crippen LogP contribution >= 0.6 is 27.5 Å². The second kappa shape index (κ2) is 5.82. The lowest BCUT2D eigenvalue weighted by molar-refractivity contribution is -0.0307. The van der Waals surface area contributed by atoms with E-state index in [2.05, 4.69) is 21.2 Å². The summed E-state index contributed by atoms with van der Waals surface area (Å²) in [4.78, 5) is 0. The lowest BCUT2D eigenvalue weighted by atomic mass is 9.98. The predicted molar refractivity (Wildman–Crippen MR) is 82.9 cm³/mol. The first-order valence-electron chi connectivity index (χ1n) is 7.14. The molecule has 110 valence electrons. The summed E-state index contributed by atoms with van der Waals surface area (Å²) in [5, 5.41) is 3.68. The fraction of sp³-hybridized carbons (Fsp3) is 0.600. The van der Waals surface area contributed by atoms with Gasteiger partial charge in [0.2, 0.25) is 0 Å². The molecule has 1 aliphatic carbocycles. The van der Waals surface area contributed by atoms with E-state index in [0.717, 1.165) is 18.5 Å². The molecule has 1 atom stereocenters. The largest absolute Gasteiger partial charge is 0.380 e. The van der Waals surface area contributed by atoms with E-state index >= 15 is 0 Å². The fourth-order valence-electron chi connectivity index (χ4n) is 3.35. The Morgan fingerprint density at radius 2 is 2.10 bits per heavy atom. The molecule has 1 aromatic carbocycles. The maximum absolute atomic E-state index is 13.2. The summed E-state index contributed by atoms with van der Waals surface area (Å²) >= 11 is 9.41. The second-order valence-corrected chi connectivity index (χ2v) is 7.06. The molecule has 1 saturated carbocycles. The number of halogens is 3. The summed E-state index contributed by atoms with van der Waals surface area (Å²) in [5.41, 5.74) is 0.889. The van der Waals surface area contributed by atoms with E-state index in [-0.39, 0.29) is 17.5 Å². The van der Waals surface area contributed by atoms with Gasteiger partial charge in [-0.1, -0.05) is 24.4 Å². The Balaban J connectivity index is 1.61. The number of benzene rings is 1. The third-order valence-electron chi connectivity index (χ3n) is 4.37.